The Balaban J connectivity index is 1.57. The van der Waals surface area contributed by atoms with Gasteiger partial charge in [-0.1, -0.05) is 72.4 Å². The first-order valence-electron chi connectivity index (χ1n) is 10.5. The van der Waals surface area contributed by atoms with E-state index in [0.717, 1.165) is 50.8 Å². The van der Waals surface area contributed by atoms with Gasteiger partial charge in [0.2, 0.25) is 0 Å². The minimum atomic E-state index is -0.225. The number of thioether (sulfide) groups is 1. The van der Waals surface area contributed by atoms with Gasteiger partial charge >= 0.3 is 0 Å². The Bertz CT molecular complexity index is 1360. The molecule has 0 radical (unpaired) electrons. The van der Waals surface area contributed by atoms with Crippen molar-refractivity contribution in [2.24, 2.45) is 0 Å². The van der Waals surface area contributed by atoms with E-state index in [1.807, 2.05) is 36.4 Å². The predicted octanol–water partition coefficient (Wildman–Crippen LogP) is 6.61. The highest BCUT2D eigenvalue weighted by atomic mass is 32.2. The van der Waals surface area contributed by atoms with Crippen LogP contribution in [-0.4, -0.2) is 19.7 Å². The Hall–Kier alpha value is -3.51. The molecule has 0 amide bonds. The number of hydrogen-bond acceptors (Lipinski definition) is 4. The number of benzene rings is 3. The molecule has 6 heteroatoms. The second kappa shape index (κ2) is 8.93. The Kier molecular flexibility index (Phi) is 5.69. The van der Waals surface area contributed by atoms with Crippen molar-refractivity contribution in [3.8, 4) is 22.6 Å². The zero-order valence-electron chi connectivity index (χ0n) is 17.6. The van der Waals surface area contributed by atoms with E-state index in [9.17, 15) is 4.39 Å². The molecule has 0 atom stereocenters. The Morgan fingerprint density at radius 1 is 0.875 bits per heavy atom. The smallest absolute Gasteiger partial charge is 0.191 e. The Morgan fingerprint density at radius 2 is 1.62 bits per heavy atom. The van der Waals surface area contributed by atoms with Crippen LogP contribution in [0.25, 0.3) is 33.5 Å². The second-order valence-electron chi connectivity index (χ2n) is 7.40. The summed E-state index contributed by atoms with van der Waals surface area (Å²) in [6.45, 7) is 2.84. The van der Waals surface area contributed by atoms with Crippen molar-refractivity contribution in [3.63, 3.8) is 0 Å². The Labute approximate surface area is 190 Å². The van der Waals surface area contributed by atoms with E-state index < -0.39 is 0 Å². The summed E-state index contributed by atoms with van der Waals surface area (Å²) in [5.41, 5.74) is 4.95. The molecule has 158 valence electrons. The fraction of sp³-hybridized carbons (Fsp3) is 0.115. The number of halogens is 1. The van der Waals surface area contributed by atoms with E-state index in [2.05, 4.69) is 46.0 Å². The van der Waals surface area contributed by atoms with Crippen LogP contribution >= 0.6 is 11.8 Å². The van der Waals surface area contributed by atoms with Gasteiger partial charge in [-0.15, -0.1) is 10.2 Å². The van der Waals surface area contributed by atoms with Crippen LogP contribution in [0.4, 0.5) is 4.39 Å². The molecule has 0 aliphatic carbocycles. The minimum Gasteiger partial charge on any atom is -0.302 e. The van der Waals surface area contributed by atoms with Crippen LogP contribution in [-0.2, 0) is 12.3 Å². The molecule has 32 heavy (non-hydrogen) atoms. The summed E-state index contributed by atoms with van der Waals surface area (Å²) in [5, 5.41) is 10.9. The highest BCUT2D eigenvalue weighted by molar-refractivity contribution is 7.98. The zero-order chi connectivity index (χ0) is 21.9. The molecular weight excluding hydrogens is 419 g/mol. The van der Waals surface area contributed by atoms with Crippen LogP contribution in [0.1, 0.15) is 12.5 Å². The largest absolute Gasteiger partial charge is 0.302 e. The van der Waals surface area contributed by atoms with Crippen molar-refractivity contribution in [2.75, 3.05) is 0 Å². The average molecular weight is 441 g/mol. The number of hydrogen-bond donors (Lipinski definition) is 0. The minimum absolute atomic E-state index is 0.225. The number of rotatable bonds is 6. The van der Waals surface area contributed by atoms with Gasteiger partial charge in [-0.05, 0) is 36.8 Å². The van der Waals surface area contributed by atoms with Gasteiger partial charge in [0, 0.05) is 28.8 Å². The standard InChI is InChI=1S/C26H21FN4S/c1-2-31-25(29-30-26(31)32-17-18-12-14-20(27)15-13-18)22-16-24(19-8-4-3-5-9-19)28-23-11-7-6-10-21(22)23/h3-16H,2,17H2,1H3. The molecule has 0 saturated carbocycles. The molecule has 5 rings (SSSR count). The average Bonchev–Trinajstić information content (AvgIpc) is 3.26. The zero-order valence-corrected chi connectivity index (χ0v) is 18.4. The maximum atomic E-state index is 13.2. The monoisotopic (exact) mass is 440 g/mol. The number of fused-ring (bicyclic) bond motifs is 1. The highest BCUT2D eigenvalue weighted by Crippen LogP contribution is 2.33. The molecule has 4 nitrogen and oxygen atoms in total. The molecule has 0 saturated heterocycles. The molecule has 0 bridgehead atoms. The molecule has 0 aliphatic rings. The van der Waals surface area contributed by atoms with Gasteiger partial charge in [0.25, 0.3) is 0 Å². The van der Waals surface area contributed by atoms with Crippen LogP contribution in [0.5, 0.6) is 0 Å². The van der Waals surface area contributed by atoms with Gasteiger partial charge in [0.05, 0.1) is 11.2 Å². The van der Waals surface area contributed by atoms with Crippen LogP contribution in [0.3, 0.4) is 0 Å². The SMILES string of the molecule is CCn1c(SCc2ccc(F)cc2)nnc1-c1cc(-c2ccccc2)nc2ccccc12. The van der Waals surface area contributed by atoms with Crippen molar-refractivity contribution in [2.45, 2.75) is 24.4 Å². The molecule has 3 aromatic carbocycles. The first-order chi connectivity index (χ1) is 15.7. The molecule has 0 aliphatic heterocycles. The van der Waals surface area contributed by atoms with E-state index in [1.54, 1.807) is 23.9 Å². The molecule has 0 spiro atoms. The van der Waals surface area contributed by atoms with Crippen molar-refractivity contribution in [1.82, 2.24) is 19.7 Å². The van der Waals surface area contributed by atoms with Crippen LogP contribution in [0, 0.1) is 5.82 Å². The van der Waals surface area contributed by atoms with Gasteiger partial charge in [0.1, 0.15) is 5.82 Å². The summed E-state index contributed by atoms with van der Waals surface area (Å²) >= 11 is 1.60. The first kappa shape index (κ1) is 20.4. The lowest BCUT2D eigenvalue weighted by Crippen LogP contribution is -2.01. The lowest BCUT2D eigenvalue weighted by Gasteiger charge is -2.12. The second-order valence-corrected chi connectivity index (χ2v) is 8.35. The molecule has 0 unspecified atom stereocenters. The summed E-state index contributed by atoms with van der Waals surface area (Å²) in [6, 6.07) is 27.0. The van der Waals surface area contributed by atoms with Crippen molar-refractivity contribution >= 4 is 22.7 Å². The third-order valence-corrected chi connectivity index (χ3v) is 6.38. The molecule has 5 aromatic rings. The summed E-state index contributed by atoms with van der Waals surface area (Å²) in [5.74, 6) is 1.30. The van der Waals surface area contributed by atoms with Crippen LogP contribution < -0.4 is 0 Å². The molecule has 2 aromatic heterocycles. The summed E-state index contributed by atoms with van der Waals surface area (Å²) in [6.07, 6.45) is 0. The van der Waals surface area contributed by atoms with Crippen molar-refractivity contribution < 1.29 is 4.39 Å². The van der Waals surface area contributed by atoms with Gasteiger partial charge < -0.3 is 4.57 Å². The highest BCUT2D eigenvalue weighted by Gasteiger charge is 2.17. The van der Waals surface area contributed by atoms with E-state index in [0.29, 0.717) is 5.75 Å². The molecular formula is C26H21FN4S. The molecule has 0 fully saturated rings. The van der Waals surface area contributed by atoms with Gasteiger partial charge in [0.15, 0.2) is 11.0 Å². The number of para-hydroxylation sites is 1. The summed E-state index contributed by atoms with van der Waals surface area (Å²) < 4.78 is 15.3. The maximum absolute atomic E-state index is 13.2. The third-order valence-electron chi connectivity index (χ3n) is 5.34. The van der Waals surface area contributed by atoms with E-state index in [-0.39, 0.29) is 5.82 Å². The lowest BCUT2D eigenvalue weighted by atomic mass is 10.0. The quantitative estimate of drug-likeness (QED) is 0.279. The maximum Gasteiger partial charge on any atom is 0.191 e. The number of pyridine rings is 1. The number of aromatic nitrogens is 4. The van der Waals surface area contributed by atoms with Gasteiger partial charge in [-0.2, -0.15) is 0 Å². The Morgan fingerprint density at radius 3 is 2.41 bits per heavy atom. The van der Waals surface area contributed by atoms with Crippen molar-refractivity contribution in [3.05, 3.63) is 96.3 Å². The predicted molar refractivity (Wildman–Crippen MR) is 128 cm³/mol. The van der Waals surface area contributed by atoms with Gasteiger partial charge in [-0.25, -0.2) is 9.37 Å². The van der Waals surface area contributed by atoms with Gasteiger partial charge in [-0.3, -0.25) is 0 Å². The fourth-order valence-corrected chi connectivity index (χ4v) is 4.68. The van der Waals surface area contributed by atoms with Crippen LogP contribution in [0.15, 0.2) is 90.1 Å². The fourth-order valence-electron chi connectivity index (χ4n) is 3.73. The normalized spacial score (nSPS) is 11.2. The molecule has 2 heterocycles. The molecule has 0 N–H and O–H groups in total. The topological polar surface area (TPSA) is 43.6 Å². The third kappa shape index (κ3) is 4.01. The first-order valence-corrected chi connectivity index (χ1v) is 11.5. The van der Waals surface area contributed by atoms with Crippen molar-refractivity contribution in [1.29, 1.82) is 0 Å². The number of nitrogens with zero attached hydrogens (tertiary/aromatic N) is 4. The van der Waals surface area contributed by atoms with Crippen LogP contribution in [0.2, 0.25) is 0 Å². The van der Waals surface area contributed by atoms with E-state index >= 15 is 0 Å². The van der Waals surface area contributed by atoms with E-state index in [4.69, 9.17) is 4.98 Å². The summed E-state index contributed by atoms with van der Waals surface area (Å²) in [4.78, 5) is 4.88. The lowest BCUT2D eigenvalue weighted by molar-refractivity contribution is 0.627. The van der Waals surface area contributed by atoms with E-state index in [1.165, 1.54) is 12.1 Å². The summed E-state index contributed by atoms with van der Waals surface area (Å²) in [7, 11) is 0.